The predicted molar refractivity (Wildman–Crippen MR) is 139 cm³/mol. The van der Waals surface area contributed by atoms with Crippen molar-refractivity contribution in [2.75, 3.05) is 47.5 Å². The number of likely N-dealkylation sites (N-methyl/N-ethyl adjacent to an activating group) is 1. The van der Waals surface area contributed by atoms with E-state index in [0.717, 1.165) is 25.1 Å². The fourth-order valence-corrected chi connectivity index (χ4v) is 4.56. The van der Waals surface area contributed by atoms with Crippen LogP contribution in [0.1, 0.15) is 43.5 Å². The zero-order valence-corrected chi connectivity index (χ0v) is 22.0. The third-order valence-electron chi connectivity index (χ3n) is 6.73. The van der Waals surface area contributed by atoms with E-state index in [4.69, 9.17) is 14.2 Å². The Labute approximate surface area is 213 Å². The van der Waals surface area contributed by atoms with Gasteiger partial charge in [-0.1, -0.05) is 45.0 Å². The van der Waals surface area contributed by atoms with E-state index < -0.39 is 17.7 Å². The number of hydrogen-bond donors (Lipinski definition) is 1. The maximum Gasteiger partial charge on any atom is 0.295 e. The number of ketones is 1. The van der Waals surface area contributed by atoms with Crippen molar-refractivity contribution in [3.8, 4) is 17.2 Å². The lowest BCUT2D eigenvalue weighted by atomic mass is 9.94. The smallest absolute Gasteiger partial charge is 0.295 e. The lowest BCUT2D eigenvalue weighted by molar-refractivity contribution is -0.140. The number of nitrogens with zero attached hydrogens (tertiary/aromatic N) is 2. The van der Waals surface area contributed by atoms with E-state index in [1.54, 1.807) is 24.3 Å². The summed E-state index contributed by atoms with van der Waals surface area (Å²) in [6.07, 6.45) is 0.849. The van der Waals surface area contributed by atoms with E-state index in [1.807, 2.05) is 32.9 Å². The quantitative estimate of drug-likeness (QED) is 0.285. The molecule has 0 radical (unpaired) electrons. The molecule has 0 bridgehead atoms. The third-order valence-corrected chi connectivity index (χ3v) is 6.73. The van der Waals surface area contributed by atoms with Gasteiger partial charge in [0.15, 0.2) is 11.5 Å². The van der Waals surface area contributed by atoms with Gasteiger partial charge >= 0.3 is 0 Å². The number of benzene rings is 2. The number of aryl methyl sites for hydroxylation is 1. The molecule has 1 heterocycles. The van der Waals surface area contributed by atoms with Gasteiger partial charge in [-0.25, -0.2) is 0 Å². The molecule has 1 unspecified atom stereocenters. The molecule has 1 amide bonds. The molecule has 2 aromatic rings. The topological polar surface area (TPSA) is 88.5 Å². The number of aliphatic hydroxyl groups excluding tert-OH is 1. The van der Waals surface area contributed by atoms with Crippen LogP contribution in [0.3, 0.4) is 0 Å². The molecule has 2 aromatic carbocycles. The number of rotatable bonds is 11. The average Bonchev–Trinajstić information content (AvgIpc) is 3.17. The lowest BCUT2D eigenvalue weighted by Gasteiger charge is -2.29. The van der Waals surface area contributed by atoms with Gasteiger partial charge in [0.2, 0.25) is 5.75 Å². The minimum atomic E-state index is -0.819. The van der Waals surface area contributed by atoms with Gasteiger partial charge in [-0.2, -0.15) is 0 Å². The molecule has 36 heavy (non-hydrogen) atoms. The minimum absolute atomic E-state index is 0.0399. The fourth-order valence-electron chi connectivity index (χ4n) is 4.56. The van der Waals surface area contributed by atoms with Crippen LogP contribution in [0.4, 0.5) is 0 Å². The normalized spacial score (nSPS) is 17.1. The highest BCUT2D eigenvalue weighted by molar-refractivity contribution is 6.46. The van der Waals surface area contributed by atoms with E-state index in [1.165, 1.54) is 26.2 Å². The molecule has 3 rings (SSSR count). The molecule has 1 saturated heterocycles. The average molecular weight is 497 g/mol. The number of carbonyl (C=O) groups is 2. The lowest BCUT2D eigenvalue weighted by Crippen LogP contribution is -2.38. The second-order valence-corrected chi connectivity index (χ2v) is 8.53. The summed E-state index contributed by atoms with van der Waals surface area (Å²) in [5.41, 5.74) is 2.20. The Kier molecular flexibility index (Phi) is 8.98. The summed E-state index contributed by atoms with van der Waals surface area (Å²) in [4.78, 5) is 30.3. The molecule has 8 heteroatoms. The number of methoxy groups -OCH3 is 3. The van der Waals surface area contributed by atoms with Gasteiger partial charge in [-0.05, 0) is 42.8 Å². The van der Waals surface area contributed by atoms with Crippen molar-refractivity contribution >= 4 is 17.4 Å². The second kappa shape index (κ2) is 11.9. The minimum Gasteiger partial charge on any atom is -0.507 e. The highest BCUT2D eigenvalue weighted by Gasteiger charge is 2.46. The molecule has 1 atom stereocenters. The first kappa shape index (κ1) is 27.1. The Morgan fingerprint density at radius 2 is 1.53 bits per heavy atom. The summed E-state index contributed by atoms with van der Waals surface area (Å²) in [6.45, 7) is 8.69. The van der Waals surface area contributed by atoms with Crippen molar-refractivity contribution in [3.63, 3.8) is 0 Å². The van der Waals surface area contributed by atoms with Gasteiger partial charge in [0.05, 0.1) is 32.9 Å². The van der Waals surface area contributed by atoms with Crippen molar-refractivity contribution in [2.24, 2.45) is 0 Å². The van der Waals surface area contributed by atoms with Crippen LogP contribution in [0.5, 0.6) is 17.2 Å². The summed E-state index contributed by atoms with van der Waals surface area (Å²) in [5, 5.41) is 11.3. The first-order chi connectivity index (χ1) is 17.3. The number of carbonyl (C=O) groups excluding carboxylic acids is 2. The summed E-state index contributed by atoms with van der Waals surface area (Å²) in [6, 6.07) is 9.96. The van der Waals surface area contributed by atoms with Crippen molar-refractivity contribution in [2.45, 2.75) is 33.2 Å². The van der Waals surface area contributed by atoms with Crippen LogP contribution in [-0.4, -0.2) is 74.1 Å². The standard InChI is InChI=1S/C28H36N2O6/c1-7-18-10-12-19(13-11-18)25(31)23-24(20-16-21(34-4)27(36-6)22(17-20)35-5)30(28(33)26(23)32)15-14-29(8-2)9-3/h10-13,16-17,24,31H,7-9,14-15H2,1-6H3/b25-23+. The SMILES string of the molecule is CCc1ccc(/C(O)=C2\C(=O)C(=O)N(CCN(CC)CC)C2c2cc(OC)c(OC)c(OC)c2)cc1. The van der Waals surface area contributed by atoms with E-state index >= 15 is 0 Å². The molecule has 0 aromatic heterocycles. The largest absolute Gasteiger partial charge is 0.507 e. The zero-order valence-electron chi connectivity index (χ0n) is 22.0. The third kappa shape index (κ3) is 5.18. The molecule has 8 nitrogen and oxygen atoms in total. The Morgan fingerprint density at radius 3 is 2.00 bits per heavy atom. The number of ether oxygens (including phenoxy) is 3. The monoisotopic (exact) mass is 496 g/mol. The van der Waals surface area contributed by atoms with E-state index in [2.05, 4.69) is 4.90 Å². The molecule has 1 aliphatic rings. The summed E-state index contributed by atoms with van der Waals surface area (Å²) in [5.74, 6) is -0.376. The number of amides is 1. The summed E-state index contributed by atoms with van der Waals surface area (Å²) >= 11 is 0. The van der Waals surface area contributed by atoms with Gasteiger partial charge in [-0.3, -0.25) is 9.59 Å². The second-order valence-electron chi connectivity index (χ2n) is 8.53. The van der Waals surface area contributed by atoms with Crippen molar-refractivity contribution in [1.82, 2.24) is 9.80 Å². The molecule has 0 spiro atoms. The molecule has 1 aliphatic heterocycles. The van der Waals surface area contributed by atoms with Gasteiger partial charge in [-0.15, -0.1) is 0 Å². The molecule has 1 N–H and O–H groups in total. The fraction of sp³-hybridized carbons (Fsp3) is 0.429. The summed E-state index contributed by atoms with van der Waals surface area (Å²) < 4.78 is 16.5. The number of likely N-dealkylation sites (tertiary alicyclic amines) is 1. The van der Waals surface area contributed by atoms with Crippen LogP contribution in [0.25, 0.3) is 5.76 Å². The predicted octanol–water partition coefficient (Wildman–Crippen LogP) is 4.04. The first-order valence-corrected chi connectivity index (χ1v) is 12.2. The van der Waals surface area contributed by atoms with Gasteiger partial charge in [0.1, 0.15) is 5.76 Å². The van der Waals surface area contributed by atoms with E-state index in [9.17, 15) is 14.7 Å². The Balaban J connectivity index is 2.21. The zero-order chi connectivity index (χ0) is 26.4. The molecule has 194 valence electrons. The molecule has 0 saturated carbocycles. The Hall–Kier alpha value is -3.52. The van der Waals surface area contributed by atoms with Gasteiger partial charge < -0.3 is 29.1 Å². The van der Waals surface area contributed by atoms with E-state index in [-0.39, 0.29) is 11.3 Å². The number of aliphatic hydroxyl groups is 1. The van der Waals surface area contributed by atoms with Crippen LogP contribution in [0, 0.1) is 0 Å². The molecule has 0 aliphatic carbocycles. The highest BCUT2D eigenvalue weighted by atomic mass is 16.5. The van der Waals surface area contributed by atoms with Gasteiger partial charge in [0.25, 0.3) is 11.7 Å². The first-order valence-electron chi connectivity index (χ1n) is 12.2. The van der Waals surface area contributed by atoms with Crippen LogP contribution >= 0.6 is 0 Å². The number of hydrogen-bond acceptors (Lipinski definition) is 7. The molecule has 1 fully saturated rings. The van der Waals surface area contributed by atoms with Crippen molar-refractivity contribution in [1.29, 1.82) is 0 Å². The highest BCUT2D eigenvalue weighted by Crippen LogP contribution is 2.45. The Bertz CT molecular complexity index is 1100. The molecular weight excluding hydrogens is 460 g/mol. The van der Waals surface area contributed by atoms with Crippen molar-refractivity contribution in [3.05, 3.63) is 58.7 Å². The van der Waals surface area contributed by atoms with Crippen molar-refractivity contribution < 1.29 is 28.9 Å². The van der Waals surface area contributed by atoms with Crippen LogP contribution in [0.2, 0.25) is 0 Å². The van der Waals surface area contributed by atoms with Crippen LogP contribution in [0.15, 0.2) is 42.0 Å². The maximum absolute atomic E-state index is 13.3. The molecular formula is C28H36N2O6. The van der Waals surface area contributed by atoms with Crippen LogP contribution in [-0.2, 0) is 16.0 Å². The van der Waals surface area contributed by atoms with Crippen LogP contribution < -0.4 is 14.2 Å². The maximum atomic E-state index is 13.3. The number of Topliss-reactive ketones (excluding diaryl/α,β-unsaturated/α-hetero) is 1. The van der Waals surface area contributed by atoms with Gasteiger partial charge in [0, 0.05) is 18.7 Å². The summed E-state index contributed by atoms with van der Waals surface area (Å²) in [7, 11) is 4.53. The van der Waals surface area contributed by atoms with E-state index in [0.29, 0.717) is 41.5 Å². The Morgan fingerprint density at radius 1 is 0.944 bits per heavy atom.